The Bertz CT molecular complexity index is 391. The Morgan fingerprint density at radius 2 is 1.13 bits per heavy atom. The van der Waals surface area contributed by atoms with Crippen molar-refractivity contribution in [1.29, 1.82) is 0 Å². The van der Waals surface area contributed by atoms with Gasteiger partial charge in [0.1, 0.15) is 0 Å². The van der Waals surface area contributed by atoms with Crippen LogP contribution in [0.1, 0.15) is 103 Å². The molecule has 0 aromatic heterocycles. The first-order valence-electron chi connectivity index (χ1n) is 9.86. The first-order chi connectivity index (χ1) is 11.1. The van der Waals surface area contributed by atoms with Crippen molar-refractivity contribution in [2.75, 3.05) is 0 Å². The van der Waals surface area contributed by atoms with Crippen LogP contribution in [0, 0.1) is 0 Å². The zero-order valence-corrected chi connectivity index (χ0v) is 16.6. The minimum absolute atomic E-state index is 0.292. The van der Waals surface area contributed by atoms with Gasteiger partial charge in [-0.2, -0.15) is 0 Å². The predicted octanol–water partition coefficient (Wildman–Crippen LogP) is 7.95. The summed E-state index contributed by atoms with van der Waals surface area (Å²) in [5.41, 5.74) is 1.74. The van der Waals surface area contributed by atoms with E-state index in [4.69, 9.17) is 0 Å². The van der Waals surface area contributed by atoms with Crippen LogP contribution in [0.4, 0.5) is 0 Å². The lowest BCUT2D eigenvalue weighted by Gasteiger charge is -2.25. The van der Waals surface area contributed by atoms with E-state index in [9.17, 15) is 0 Å². The standard InChI is InChI=1S/C22H38S/c1-4-5-6-7-8-9-10-11-12-13-14-19-22(2,3)20-15-17-21(23)18-16-20/h15-18,23H,4-14,19H2,1-3H3. The molecule has 1 rings (SSSR count). The molecule has 1 aromatic carbocycles. The van der Waals surface area contributed by atoms with E-state index in [2.05, 4.69) is 57.7 Å². The van der Waals surface area contributed by atoms with Gasteiger partial charge in [0, 0.05) is 4.90 Å². The fraction of sp³-hybridized carbons (Fsp3) is 0.727. The summed E-state index contributed by atoms with van der Waals surface area (Å²) in [5.74, 6) is 0. The average Bonchev–Trinajstić information content (AvgIpc) is 2.53. The van der Waals surface area contributed by atoms with Gasteiger partial charge in [-0.3, -0.25) is 0 Å². The molecule has 0 spiro atoms. The largest absolute Gasteiger partial charge is 0.143 e. The van der Waals surface area contributed by atoms with Crippen LogP contribution in [-0.2, 0) is 5.41 Å². The zero-order valence-electron chi connectivity index (χ0n) is 15.7. The monoisotopic (exact) mass is 334 g/mol. The minimum atomic E-state index is 0.292. The molecule has 0 unspecified atom stereocenters. The highest BCUT2D eigenvalue weighted by Gasteiger charge is 2.19. The number of hydrogen-bond acceptors (Lipinski definition) is 1. The summed E-state index contributed by atoms with van der Waals surface area (Å²) >= 11 is 4.38. The topological polar surface area (TPSA) is 0 Å². The molecule has 0 fully saturated rings. The highest BCUT2D eigenvalue weighted by molar-refractivity contribution is 7.80. The van der Waals surface area contributed by atoms with E-state index >= 15 is 0 Å². The van der Waals surface area contributed by atoms with Crippen molar-refractivity contribution in [3.63, 3.8) is 0 Å². The first-order valence-corrected chi connectivity index (χ1v) is 10.3. The van der Waals surface area contributed by atoms with Crippen LogP contribution >= 0.6 is 12.6 Å². The molecule has 0 radical (unpaired) electrons. The van der Waals surface area contributed by atoms with Gasteiger partial charge in [0.15, 0.2) is 0 Å². The second-order valence-corrected chi connectivity index (χ2v) is 8.23. The lowest BCUT2D eigenvalue weighted by molar-refractivity contribution is 0.441. The van der Waals surface area contributed by atoms with Crippen molar-refractivity contribution in [3.8, 4) is 0 Å². The first kappa shape index (κ1) is 20.6. The molecule has 0 aliphatic rings. The molecule has 0 nitrogen and oxygen atoms in total. The van der Waals surface area contributed by atoms with Crippen LogP contribution in [0.3, 0.4) is 0 Å². The van der Waals surface area contributed by atoms with E-state index in [1.807, 2.05) is 0 Å². The molecule has 132 valence electrons. The maximum atomic E-state index is 4.38. The molecule has 0 heterocycles. The second kappa shape index (κ2) is 12.0. The van der Waals surface area contributed by atoms with E-state index in [1.54, 1.807) is 0 Å². The Balaban J connectivity index is 2.02. The maximum absolute atomic E-state index is 4.38. The van der Waals surface area contributed by atoms with Crippen molar-refractivity contribution in [3.05, 3.63) is 29.8 Å². The maximum Gasteiger partial charge on any atom is 0.00401 e. The number of thiol groups is 1. The normalized spacial score (nSPS) is 11.8. The number of rotatable bonds is 13. The smallest absolute Gasteiger partial charge is 0.00401 e. The third kappa shape index (κ3) is 9.45. The predicted molar refractivity (Wildman–Crippen MR) is 108 cm³/mol. The third-order valence-electron chi connectivity index (χ3n) is 5.05. The summed E-state index contributed by atoms with van der Waals surface area (Å²) in [6.07, 6.45) is 16.9. The fourth-order valence-corrected chi connectivity index (χ4v) is 3.44. The van der Waals surface area contributed by atoms with E-state index in [1.165, 1.54) is 82.6 Å². The molecule has 0 N–H and O–H groups in total. The Morgan fingerprint density at radius 3 is 1.61 bits per heavy atom. The Morgan fingerprint density at radius 1 is 0.696 bits per heavy atom. The molecule has 0 bridgehead atoms. The van der Waals surface area contributed by atoms with E-state index in [0.717, 1.165) is 4.90 Å². The molecule has 0 saturated carbocycles. The average molecular weight is 335 g/mol. The van der Waals surface area contributed by atoms with Gasteiger partial charge in [-0.05, 0) is 29.5 Å². The molecule has 0 aliphatic carbocycles. The Labute approximate surface area is 150 Å². The van der Waals surface area contributed by atoms with Crippen LogP contribution in [-0.4, -0.2) is 0 Å². The number of hydrogen-bond donors (Lipinski definition) is 1. The molecule has 0 saturated heterocycles. The lowest BCUT2D eigenvalue weighted by Crippen LogP contribution is -2.16. The second-order valence-electron chi connectivity index (χ2n) is 7.72. The molecule has 1 heteroatoms. The highest BCUT2D eigenvalue weighted by Crippen LogP contribution is 2.30. The molecule has 1 aromatic rings. The van der Waals surface area contributed by atoms with Gasteiger partial charge in [0.25, 0.3) is 0 Å². The van der Waals surface area contributed by atoms with Crippen LogP contribution < -0.4 is 0 Å². The summed E-state index contributed by atoms with van der Waals surface area (Å²) in [7, 11) is 0. The SMILES string of the molecule is CCCCCCCCCCCCCC(C)(C)c1ccc(S)cc1. The van der Waals surface area contributed by atoms with Crippen molar-refractivity contribution < 1.29 is 0 Å². The van der Waals surface area contributed by atoms with Crippen molar-refractivity contribution in [1.82, 2.24) is 0 Å². The lowest BCUT2D eigenvalue weighted by atomic mass is 9.80. The summed E-state index contributed by atoms with van der Waals surface area (Å²) in [5, 5.41) is 0. The third-order valence-corrected chi connectivity index (χ3v) is 5.35. The molecule has 0 amide bonds. The van der Waals surface area contributed by atoms with Crippen molar-refractivity contribution >= 4 is 12.6 Å². The van der Waals surface area contributed by atoms with Gasteiger partial charge in [0.2, 0.25) is 0 Å². The van der Waals surface area contributed by atoms with Gasteiger partial charge in [-0.15, -0.1) is 12.6 Å². The van der Waals surface area contributed by atoms with Crippen molar-refractivity contribution in [2.24, 2.45) is 0 Å². The fourth-order valence-electron chi connectivity index (χ4n) is 3.29. The van der Waals surface area contributed by atoms with Crippen LogP contribution in [0.2, 0.25) is 0 Å². The molecule has 23 heavy (non-hydrogen) atoms. The Kier molecular flexibility index (Phi) is 10.8. The van der Waals surface area contributed by atoms with Crippen LogP contribution in [0.25, 0.3) is 0 Å². The Hall–Kier alpha value is -0.430. The number of benzene rings is 1. The minimum Gasteiger partial charge on any atom is -0.143 e. The summed E-state index contributed by atoms with van der Waals surface area (Å²) in [4.78, 5) is 1.05. The summed E-state index contributed by atoms with van der Waals surface area (Å²) < 4.78 is 0. The molecular weight excluding hydrogens is 296 g/mol. The molecule has 0 atom stereocenters. The van der Waals surface area contributed by atoms with Gasteiger partial charge in [0.05, 0.1) is 0 Å². The van der Waals surface area contributed by atoms with E-state index in [0.29, 0.717) is 5.41 Å². The van der Waals surface area contributed by atoms with E-state index in [-0.39, 0.29) is 0 Å². The summed E-state index contributed by atoms with van der Waals surface area (Å²) in [6.45, 7) is 7.03. The summed E-state index contributed by atoms with van der Waals surface area (Å²) in [6, 6.07) is 8.70. The van der Waals surface area contributed by atoms with Gasteiger partial charge < -0.3 is 0 Å². The van der Waals surface area contributed by atoms with Gasteiger partial charge >= 0.3 is 0 Å². The van der Waals surface area contributed by atoms with Gasteiger partial charge in [-0.25, -0.2) is 0 Å². The molecular formula is C22H38S. The quantitative estimate of drug-likeness (QED) is 0.274. The van der Waals surface area contributed by atoms with Crippen LogP contribution in [0.15, 0.2) is 29.2 Å². The van der Waals surface area contributed by atoms with E-state index < -0.39 is 0 Å². The highest BCUT2D eigenvalue weighted by atomic mass is 32.1. The zero-order chi connectivity index (χ0) is 17.0. The van der Waals surface area contributed by atoms with Crippen LogP contribution in [0.5, 0.6) is 0 Å². The molecule has 0 aliphatic heterocycles. The van der Waals surface area contributed by atoms with Crippen molar-refractivity contribution in [2.45, 2.75) is 108 Å². The number of unbranched alkanes of at least 4 members (excludes halogenated alkanes) is 10. The van der Waals surface area contributed by atoms with Gasteiger partial charge in [-0.1, -0.05) is 104 Å².